The van der Waals surface area contributed by atoms with Crippen LogP contribution in [0.3, 0.4) is 0 Å². The van der Waals surface area contributed by atoms with E-state index in [-0.39, 0.29) is 11.5 Å². The third-order valence-electron chi connectivity index (χ3n) is 2.25. The molecule has 16 heavy (non-hydrogen) atoms. The molecule has 0 saturated heterocycles. The Bertz CT molecular complexity index is 466. The van der Waals surface area contributed by atoms with Gasteiger partial charge >= 0.3 is 0 Å². The predicted octanol–water partition coefficient (Wildman–Crippen LogP) is 1.94. The number of hydrogen-bond acceptors (Lipinski definition) is 3. The van der Waals surface area contributed by atoms with E-state index in [1.807, 2.05) is 0 Å². The normalized spacial score (nSPS) is 13.8. The van der Waals surface area contributed by atoms with Crippen LogP contribution >= 0.6 is 11.6 Å². The molecule has 90 valence electrons. The van der Waals surface area contributed by atoms with Crippen molar-refractivity contribution < 1.29 is 13.5 Å². The Hall–Kier alpha value is -0.580. The zero-order valence-corrected chi connectivity index (χ0v) is 10.8. The summed E-state index contributed by atoms with van der Waals surface area (Å²) in [6.45, 7) is 3.25. The van der Waals surface area contributed by atoms with Crippen LogP contribution in [0.25, 0.3) is 0 Å². The lowest BCUT2D eigenvalue weighted by atomic mass is 10.1. The van der Waals surface area contributed by atoms with Crippen molar-refractivity contribution in [2.75, 3.05) is 5.75 Å². The van der Waals surface area contributed by atoms with Crippen molar-refractivity contribution in [2.45, 2.75) is 25.7 Å². The average molecular weight is 263 g/mol. The van der Waals surface area contributed by atoms with Crippen molar-refractivity contribution in [2.24, 2.45) is 0 Å². The molecule has 1 aromatic rings. The standard InChI is InChI=1S/C11H15ClO3S/c1-8(13)6-16(14,15)7-10-4-3-5-11(12)9(10)2/h3-5,8,13H,6-7H2,1-2H3/t8-/m1/s1. The summed E-state index contributed by atoms with van der Waals surface area (Å²) in [4.78, 5) is 0. The summed E-state index contributed by atoms with van der Waals surface area (Å²) in [6.07, 6.45) is -0.843. The van der Waals surface area contributed by atoms with Crippen molar-refractivity contribution >= 4 is 21.4 Å². The summed E-state index contributed by atoms with van der Waals surface area (Å²) in [5, 5.41) is 9.64. The molecule has 0 unspecified atom stereocenters. The maximum absolute atomic E-state index is 11.7. The van der Waals surface area contributed by atoms with Crippen LogP contribution in [0.1, 0.15) is 18.1 Å². The van der Waals surface area contributed by atoms with Gasteiger partial charge in [0.25, 0.3) is 0 Å². The average Bonchev–Trinajstić information content (AvgIpc) is 2.10. The fourth-order valence-corrected chi connectivity index (χ4v) is 3.31. The van der Waals surface area contributed by atoms with Gasteiger partial charge in [0.2, 0.25) is 0 Å². The highest BCUT2D eigenvalue weighted by molar-refractivity contribution is 7.90. The second-order valence-corrected chi connectivity index (χ2v) is 6.44. The fraction of sp³-hybridized carbons (Fsp3) is 0.455. The number of sulfone groups is 1. The van der Waals surface area contributed by atoms with Crippen molar-refractivity contribution in [3.05, 3.63) is 34.3 Å². The summed E-state index contributed by atoms with van der Waals surface area (Å²) in [7, 11) is -3.28. The Morgan fingerprint density at radius 1 is 1.44 bits per heavy atom. The van der Waals surface area contributed by atoms with Crippen molar-refractivity contribution in [3.8, 4) is 0 Å². The van der Waals surface area contributed by atoms with Gasteiger partial charge in [-0.25, -0.2) is 8.42 Å². The van der Waals surface area contributed by atoms with Crippen LogP contribution in [0.4, 0.5) is 0 Å². The molecule has 0 heterocycles. The Morgan fingerprint density at radius 3 is 2.62 bits per heavy atom. The van der Waals surface area contributed by atoms with Crippen molar-refractivity contribution in [1.82, 2.24) is 0 Å². The Morgan fingerprint density at radius 2 is 2.06 bits per heavy atom. The lowest BCUT2D eigenvalue weighted by Crippen LogP contribution is -2.19. The highest BCUT2D eigenvalue weighted by Crippen LogP contribution is 2.20. The van der Waals surface area contributed by atoms with Gasteiger partial charge < -0.3 is 5.11 Å². The quantitative estimate of drug-likeness (QED) is 0.902. The minimum Gasteiger partial charge on any atom is -0.392 e. The lowest BCUT2D eigenvalue weighted by Gasteiger charge is -2.09. The van der Waals surface area contributed by atoms with Gasteiger partial charge in [-0.15, -0.1) is 0 Å². The number of hydrogen-bond donors (Lipinski definition) is 1. The SMILES string of the molecule is Cc1c(Cl)cccc1CS(=O)(=O)C[C@@H](C)O. The molecule has 0 spiro atoms. The molecule has 0 radical (unpaired) electrons. The zero-order valence-electron chi connectivity index (χ0n) is 9.27. The van der Waals surface area contributed by atoms with E-state index < -0.39 is 15.9 Å². The molecule has 1 atom stereocenters. The predicted molar refractivity (Wildman–Crippen MR) is 65.4 cm³/mol. The minimum absolute atomic E-state index is 0.0791. The molecule has 1 aromatic carbocycles. The van der Waals surface area contributed by atoms with Gasteiger partial charge in [0, 0.05) is 5.02 Å². The van der Waals surface area contributed by atoms with Crippen LogP contribution in [-0.4, -0.2) is 25.4 Å². The summed E-state index contributed by atoms with van der Waals surface area (Å²) < 4.78 is 23.3. The number of aliphatic hydroxyl groups excluding tert-OH is 1. The first-order valence-corrected chi connectivity index (χ1v) is 7.14. The number of aliphatic hydroxyl groups is 1. The van der Waals surface area contributed by atoms with Gasteiger partial charge in [-0.05, 0) is 31.0 Å². The van der Waals surface area contributed by atoms with Crippen LogP contribution in [0.2, 0.25) is 5.02 Å². The molecular weight excluding hydrogens is 248 g/mol. The van der Waals surface area contributed by atoms with E-state index in [9.17, 15) is 8.42 Å². The first-order valence-electron chi connectivity index (χ1n) is 4.94. The van der Waals surface area contributed by atoms with E-state index in [0.29, 0.717) is 10.6 Å². The highest BCUT2D eigenvalue weighted by Gasteiger charge is 2.16. The topological polar surface area (TPSA) is 54.4 Å². The Kier molecular flexibility index (Phi) is 4.35. The largest absolute Gasteiger partial charge is 0.392 e. The van der Waals surface area contributed by atoms with Gasteiger partial charge in [-0.1, -0.05) is 23.7 Å². The minimum atomic E-state index is -3.28. The fourth-order valence-electron chi connectivity index (χ4n) is 1.47. The molecule has 0 aliphatic rings. The van der Waals surface area contributed by atoms with Gasteiger partial charge in [-0.3, -0.25) is 0 Å². The van der Waals surface area contributed by atoms with E-state index in [2.05, 4.69) is 0 Å². The summed E-state index contributed by atoms with van der Waals surface area (Å²) in [5.41, 5.74) is 1.46. The first kappa shape index (κ1) is 13.5. The maximum Gasteiger partial charge on any atom is 0.156 e. The molecule has 0 aliphatic heterocycles. The monoisotopic (exact) mass is 262 g/mol. The Balaban J connectivity index is 2.93. The molecule has 1 N–H and O–H groups in total. The molecule has 0 bridgehead atoms. The summed E-state index contributed by atoms with van der Waals surface area (Å²) in [6, 6.07) is 5.19. The van der Waals surface area contributed by atoms with Crippen molar-refractivity contribution in [3.63, 3.8) is 0 Å². The number of halogens is 1. The molecule has 0 aromatic heterocycles. The Labute approximate surface area is 101 Å². The van der Waals surface area contributed by atoms with Crippen molar-refractivity contribution in [1.29, 1.82) is 0 Å². The van der Waals surface area contributed by atoms with E-state index in [4.69, 9.17) is 16.7 Å². The van der Waals surface area contributed by atoms with Crippen LogP contribution < -0.4 is 0 Å². The van der Waals surface area contributed by atoms with Crippen LogP contribution in [0.5, 0.6) is 0 Å². The number of rotatable bonds is 4. The molecule has 0 amide bonds. The number of benzene rings is 1. The third-order valence-corrected chi connectivity index (χ3v) is 4.40. The van der Waals surface area contributed by atoms with Gasteiger partial charge in [0.1, 0.15) is 0 Å². The molecular formula is C11H15ClO3S. The zero-order chi connectivity index (χ0) is 12.3. The van der Waals surface area contributed by atoms with Gasteiger partial charge in [0.15, 0.2) is 9.84 Å². The molecule has 0 aliphatic carbocycles. The second kappa shape index (κ2) is 5.17. The lowest BCUT2D eigenvalue weighted by molar-refractivity contribution is 0.218. The smallest absolute Gasteiger partial charge is 0.156 e. The van der Waals surface area contributed by atoms with E-state index in [1.165, 1.54) is 6.92 Å². The maximum atomic E-state index is 11.7. The third kappa shape index (κ3) is 3.77. The van der Waals surface area contributed by atoms with E-state index in [0.717, 1.165) is 5.56 Å². The molecule has 0 fully saturated rings. The van der Waals surface area contributed by atoms with E-state index in [1.54, 1.807) is 25.1 Å². The first-order chi connectivity index (χ1) is 7.32. The second-order valence-electron chi connectivity index (χ2n) is 3.93. The molecule has 0 saturated carbocycles. The van der Waals surface area contributed by atoms with Crippen LogP contribution in [0.15, 0.2) is 18.2 Å². The highest BCUT2D eigenvalue weighted by atomic mass is 35.5. The van der Waals surface area contributed by atoms with E-state index >= 15 is 0 Å². The molecule has 1 rings (SSSR count). The summed E-state index contributed by atoms with van der Waals surface area (Å²) in [5.74, 6) is -0.302. The summed E-state index contributed by atoms with van der Waals surface area (Å²) >= 11 is 5.90. The van der Waals surface area contributed by atoms with Gasteiger partial charge in [-0.2, -0.15) is 0 Å². The van der Waals surface area contributed by atoms with Gasteiger partial charge in [0.05, 0.1) is 17.6 Å². The molecule has 3 nitrogen and oxygen atoms in total. The molecule has 5 heteroatoms. The van der Waals surface area contributed by atoms with Crippen LogP contribution in [0, 0.1) is 6.92 Å². The van der Waals surface area contributed by atoms with Crippen LogP contribution in [-0.2, 0) is 15.6 Å².